The van der Waals surface area contributed by atoms with E-state index in [1.807, 2.05) is 31.2 Å². The van der Waals surface area contributed by atoms with Crippen molar-refractivity contribution in [2.24, 2.45) is 5.41 Å². The van der Waals surface area contributed by atoms with Crippen LogP contribution in [0.5, 0.6) is 0 Å². The summed E-state index contributed by atoms with van der Waals surface area (Å²) < 4.78 is 56.8. The van der Waals surface area contributed by atoms with Crippen molar-refractivity contribution in [2.75, 3.05) is 22.9 Å². The summed E-state index contributed by atoms with van der Waals surface area (Å²) in [6.07, 6.45) is -5.22. The molecule has 354 valence electrons. The average Bonchev–Trinajstić information content (AvgIpc) is 3.93. The highest BCUT2D eigenvalue weighted by Crippen LogP contribution is 2.40. The summed E-state index contributed by atoms with van der Waals surface area (Å²) in [5, 5.41) is 27.8. The Hall–Kier alpha value is -6.30. The number of unbranched alkanes of at least 4 members (excludes halogenated alkanes) is 1. The van der Waals surface area contributed by atoms with Gasteiger partial charge in [0.25, 0.3) is 11.8 Å². The zero-order valence-electron chi connectivity index (χ0n) is 37.6. The summed E-state index contributed by atoms with van der Waals surface area (Å²) in [5.74, 6) is -3.82. The molecule has 2 saturated heterocycles. The van der Waals surface area contributed by atoms with E-state index in [4.69, 9.17) is 12.2 Å². The van der Waals surface area contributed by atoms with Gasteiger partial charge in [0.1, 0.15) is 23.4 Å². The number of halogens is 4. The number of nitrogens with one attached hydrogen (secondary N) is 3. The highest BCUT2D eigenvalue weighted by molar-refractivity contribution is 7.81. The number of rotatable bonds is 14. The molecule has 0 radical (unpaired) electrons. The highest BCUT2D eigenvalue weighted by atomic mass is 32.1. The number of thiocarbonyl (C=S) groups is 1. The van der Waals surface area contributed by atoms with Crippen LogP contribution >= 0.6 is 23.6 Å². The monoisotopic (exact) mass is 962 g/mol. The van der Waals surface area contributed by atoms with Gasteiger partial charge in [0, 0.05) is 38.2 Å². The second kappa shape index (κ2) is 19.9. The lowest BCUT2D eigenvalue weighted by Crippen LogP contribution is -2.57. The molecule has 6 rings (SSSR count). The molecule has 0 saturated carbocycles. The predicted molar refractivity (Wildman–Crippen MR) is 247 cm³/mol. The van der Waals surface area contributed by atoms with Crippen molar-refractivity contribution in [1.29, 1.82) is 5.26 Å². The molecular formula is C47H50F4N8O6S2. The van der Waals surface area contributed by atoms with Gasteiger partial charge >= 0.3 is 6.18 Å². The Labute approximate surface area is 394 Å². The van der Waals surface area contributed by atoms with Crippen LogP contribution in [0, 0.1) is 29.5 Å². The maximum atomic E-state index is 15.5. The van der Waals surface area contributed by atoms with Gasteiger partial charge < -0.3 is 30.9 Å². The third kappa shape index (κ3) is 11.0. The van der Waals surface area contributed by atoms with Crippen molar-refractivity contribution in [2.45, 2.75) is 104 Å². The van der Waals surface area contributed by atoms with Gasteiger partial charge in [-0.2, -0.15) is 18.4 Å². The topological polar surface area (TPSA) is 188 Å². The third-order valence-corrected chi connectivity index (χ3v) is 13.0. The van der Waals surface area contributed by atoms with Gasteiger partial charge in [-0.3, -0.25) is 28.9 Å². The number of hydrogen-bond acceptors (Lipinski definition) is 10. The van der Waals surface area contributed by atoms with Crippen LogP contribution in [0.1, 0.15) is 93.0 Å². The first kappa shape index (κ1) is 50.1. The number of aromatic nitrogens is 1. The number of aliphatic hydroxyl groups is 1. The predicted octanol–water partition coefficient (Wildman–Crippen LogP) is 6.77. The number of carbonyl (C=O) groups excluding carboxylic acids is 5. The van der Waals surface area contributed by atoms with E-state index >= 15 is 4.39 Å². The Morgan fingerprint density at radius 3 is 2.31 bits per heavy atom. The Morgan fingerprint density at radius 1 is 1.01 bits per heavy atom. The summed E-state index contributed by atoms with van der Waals surface area (Å²) in [7, 11) is 0. The Morgan fingerprint density at radius 2 is 1.70 bits per heavy atom. The lowest BCUT2D eigenvalue weighted by molar-refractivity contribution is -0.144. The largest absolute Gasteiger partial charge is 0.417 e. The molecule has 2 fully saturated rings. The number of hydrogen-bond donors (Lipinski definition) is 4. The van der Waals surface area contributed by atoms with Crippen molar-refractivity contribution in [1.82, 2.24) is 25.8 Å². The number of β-amino-alcohol motifs (C(OH)–C–C–N with tert-alkyl or cyclic N) is 1. The Bertz CT molecular complexity index is 2620. The second-order valence-electron chi connectivity index (χ2n) is 18.0. The van der Waals surface area contributed by atoms with Crippen molar-refractivity contribution < 1.29 is 46.6 Å². The second-order valence-corrected chi connectivity index (χ2v) is 19.2. The lowest BCUT2D eigenvalue weighted by atomic mass is 9.85. The van der Waals surface area contributed by atoms with Crippen molar-refractivity contribution in [3.8, 4) is 16.5 Å². The normalized spacial score (nSPS) is 17.6. The van der Waals surface area contributed by atoms with Gasteiger partial charge in [-0.1, -0.05) is 45.0 Å². The van der Waals surface area contributed by atoms with Gasteiger partial charge in [0.15, 0.2) is 5.11 Å². The number of carbonyl (C=O) groups is 5. The van der Waals surface area contributed by atoms with Gasteiger partial charge in [0.2, 0.25) is 17.7 Å². The van der Waals surface area contributed by atoms with Crippen molar-refractivity contribution >= 4 is 69.6 Å². The van der Waals surface area contributed by atoms with Crippen molar-refractivity contribution in [3.05, 3.63) is 99.9 Å². The molecule has 2 aliphatic heterocycles. The summed E-state index contributed by atoms with van der Waals surface area (Å²) >= 11 is 7.06. The number of anilines is 2. The number of benzene rings is 3. The Kier molecular flexibility index (Phi) is 14.9. The summed E-state index contributed by atoms with van der Waals surface area (Å²) in [5.41, 5.74) is -0.0930. The number of likely N-dealkylation sites (tertiary alicyclic amines) is 1. The number of nitriles is 1. The smallest absolute Gasteiger partial charge is 0.391 e. The van der Waals surface area contributed by atoms with Crippen LogP contribution in [0.4, 0.5) is 28.9 Å². The molecule has 4 N–H and O–H groups in total. The quantitative estimate of drug-likeness (QED) is 0.0597. The van der Waals surface area contributed by atoms with Crippen LogP contribution in [-0.4, -0.2) is 86.5 Å². The standard InChI is InChI=1S/C47H50F4N8O6S2/c1-26-38(67-25-55-26)28-12-10-27(11-13-28)23-54-41(63)36-21-32(60)24-57(36)42(64)39(45(2,3)4)56-37(61)9-7-8-18-53-40(62)33-17-16-31(20-35(33)48)59-44(66)58(43(65)46(59,5)6)30-15-14-29(22-52)34(19-30)47(49,50)51/h10-17,19-20,25,32,36,39,60H,7-9,18,21,23-24H2,1-6H3,(H,53,62)(H,54,63)(H,56,61). The number of nitrogens with zero attached hydrogens (tertiary/aromatic N) is 5. The van der Waals surface area contributed by atoms with E-state index in [-0.39, 0.29) is 60.9 Å². The van der Waals surface area contributed by atoms with Crippen LogP contribution in [-0.2, 0) is 31.9 Å². The number of alkyl halides is 3. The molecule has 5 amide bonds. The van der Waals surface area contributed by atoms with E-state index < -0.39 is 81.8 Å². The summed E-state index contributed by atoms with van der Waals surface area (Å²) in [6, 6.07) is 13.5. The molecule has 14 nitrogen and oxygen atoms in total. The molecule has 2 aliphatic rings. The fraction of sp³-hybridized carbons (Fsp3) is 0.404. The summed E-state index contributed by atoms with van der Waals surface area (Å²) in [4.78, 5) is 76.1. The van der Waals surface area contributed by atoms with Crippen LogP contribution in [0.15, 0.2) is 66.2 Å². The van der Waals surface area contributed by atoms with Gasteiger partial charge in [-0.15, -0.1) is 11.3 Å². The molecule has 1 aromatic heterocycles. The zero-order valence-corrected chi connectivity index (χ0v) is 39.2. The zero-order chi connectivity index (χ0) is 49.2. The maximum Gasteiger partial charge on any atom is 0.417 e. The fourth-order valence-corrected chi connectivity index (χ4v) is 9.34. The minimum atomic E-state index is -4.89. The van der Waals surface area contributed by atoms with E-state index in [0.717, 1.165) is 44.8 Å². The van der Waals surface area contributed by atoms with E-state index in [0.29, 0.717) is 12.5 Å². The molecule has 20 heteroatoms. The number of aryl methyl sites for hydroxylation is 1. The molecule has 3 heterocycles. The van der Waals surface area contributed by atoms with Gasteiger partial charge in [-0.05, 0) is 98.8 Å². The highest BCUT2D eigenvalue weighted by Gasteiger charge is 2.51. The van der Waals surface area contributed by atoms with E-state index in [1.54, 1.807) is 26.3 Å². The number of aliphatic hydroxyl groups excluding tert-OH is 1. The van der Waals surface area contributed by atoms with Crippen LogP contribution in [0.2, 0.25) is 0 Å². The maximum absolute atomic E-state index is 15.5. The minimum absolute atomic E-state index is 0.0199. The molecular weight excluding hydrogens is 913 g/mol. The van der Waals surface area contributed by atoms with Gasteiger partial charge in [0.05, 0.1) is 50.6 Å². The molecule has 0 spiro atoms. The van der Waals surface area contributed by atoms with E-state index in [1.165, 1.54) is 53.2 Å². The molecule has 67 heavy (non-hydrogen) atoms. The van der Waals surface area contributed by atoms with Crippen LogP contribution in [0.3, 0.4) is 0 Å². The third-order valence-electron chi connectivity index (χ3n) is 11.6. The molecule has 0 aliphatic carbocycles. The number of amides is 5. The molecule has 0 bridgehead atoms. The molecule has 4 aromatic rings. The van der Waals surface area contributed by atoms with Crippen molar-refractivity contribution in [3.63, 3.8) is 0 Å². The Balaban J connectivity index is 1.00. The number of thiazole rings is 1. The van der Waals surface area contributed by atoms with Crippen LogP contribution < -0.4 is 25.8 Å². The first-order valence-electron chi connectivity index (χ1n) is 21.4. The fourth-order valence-electron chi connectivity index (χ4n) is 8.01. The van der Waals surface area contributed by atoms with Crippen LogP contribution in [0.25, 0.3) is 10.4 Å². The first-order valence-corrected chi connectivity index (χ1v) is 22.7. The van der Waals surface area contributed by atoms with Gasteiger partial charge in [-0.25, -0.2) is 9.37 Å². The SMILES string of the molecule is Cc1ncsc1-c1ccc(CNC(=O)C2CC(O)CN2C(=O)C(NC(=O)CCCCNC(=O)c2ccc(N3C(=S)N(c4ccc(C#N)c(C(F)(F)F)c4)C(=O)C3(C)C)cc2F)C(C)(C)C)cc1. The first-order chi connectivity index (χ1) is 31.4. The minimum Gasteiger partial charge on any atom is -0.391 e. The van der Waals surface area contributed by atoms with E-state index in [9.17, 15) is 47.5 Å². The van der Waals surface area contributed by atoms with E-state index in [2.05, 4.69) is 20.9 Å². The summed E-state index contributed by atoms with van der Waals surface area (Å²) in [6.45, 7) is 10.4. The average molecular weight is 963 g/mol. The molecule has 3 aromatic carbocycles. The molecule has 3 atom stereocenters. The lowest BCUT2D eigenvalue weighted by Gasteiger charge is -2.35. The molecule has 3 unspecified atom stereocenters.